The third-order valence-corrected chi connectivity index (χ3v) is 5.01. The Morgan fingerprint density at radius 2 is 1.13 bits per heavy atom. The summed E-state index contributed by atoms with van der Waals surface area (Å²) in [6, 6.07) is 23.5. The standard InChI is InChI=1S/C25H23N5O.2O3S/c1-16-12-20(27-30-24-15-25(31-3)22(26)13-17(24)2)10-11-23(16)29-28-21-9-8-18-6-4-5-7-19(18)14-21;2*1-4(2)3/h4-15H,26H2,1-3H3;;. The summed E-state index contributed by atoms with van der Waals surface area (Å²) in [5, 5.41) is 19.8. The molecule has 0 aliphatic heterocycles. The predicted molar refractivity (Wildman–Crippen MR) is 145 cm³/mol. The van der Waals surface area contributed by atoms with E-state index >= 15 is 0 Å². The van der Waals surface area contributed by atoms with Gasteiger partial charge in [0.25, 0.3) is 0 Å². The van der Waals surface area contributed by atoms with Crippen molar-refractivity contribution in [1.82, 2.24) is 0 Å². The lowest BCUT2D eigenvalue weighted by atomic mass is 10.1. The first-order valence-electron chi connectivity index (χ1n) is 10.9. The van der Waals surface area contributed by atoms with Gasteiger partial charge in [-0.05, 0) is 72.1 Å². The number of aryl methyl sites for hydroxylation is 2. The van der Waals surface area contributed by atoms with Gasteiger partial charge in [0.2, 0.25) is 0 Å². The molecule has 0 radical (unpaired) electrons. The Balaban J connectivity index is 0.000000590. The second-order valence-corrected chi connectivity index (χ2v) is 8.51. The highest BCUT2D eigenvalue weighted by molar-refractivity contribution is 7.59. The molecule has 0 heterocycles. The first kappa shape index (κ1) is 30.4. The first-order valence-corrected chi connectivity index (χ1v) is 12.9. The normalized spacial score (nSPS) is 10.4. The first-order chi connectivity index (χ1) is 18.5. The highest BCUT2D eigenvalue weighted by Crippen LogP contribution is 2.33. The number of nitrogen functional groups attached to an aromatic ring is 1. The van der Waals surface area contributed by atoms with Crippen LogP contribution in [0.25, 0.3) is 10.8 Å². The summed E-state index contributed by atoms with van der Waals surface area (Å²) >= 11 is 0. The Morgan fingerprint density at radius 3 is 1.72 bits per heavy atom. The van der Waals surface area contributed by atoms with Gasteiger partial charge in [-0.1, -0.05) is 30.3 Å². The van der Waals surface area contributed by atoms with Crippen LogP contribution in [-0.2, 0) is 21.2 Å². The Bertz CT molecular complexity index is 1710. The van der Waals surface area contributed by atoms with E-state index < -0.39 is 21.2 Å². The average molecular weight is 570 g/mol. The number of anilines is 1. The lowest BCUT2D eigenvalue weighted by molar-refractivity contribution is 0.417. The molecule has 0 fully saturated rings. The van der Waals surface area contributed by atoms with Gasteiger partial charge in [0.05, 0.1) is 35.5 Å². The summed E-state index contributed by atoms with van der Waals surface area (Å²) in [6.07, 6.45) is 0. The quantitative estimate of drug-likeness (QED) is 0.228. The lowest BCUT2D eigenvalue weighted by Crippen LogP contribution is -1.92. The van der Waals surface area contributed by atoms with E-state index in [-0.39, 0.29) is 0 Å². The molecule has 0 atom stereocenters. The molecule has 0 aliphatic carbocycles. The fraction of sp³-hybridized carbons (Fsp3) is 0.120. The SMILES string of the molecule is COc1cc(N=Nc2ccc(N=Nc3ccc4ccccc4c3)c(C)c2)c(C)cc1N.O=S(=O)=O.O=S(=O)=O. The molecule has 0 saturated carbocycles. The fourth-order valence-corrected chi connectivity index (χ4v) is 3.26. The Labute approximate surface area is 227 Å². The molecule has 4 aromatic carbocycles. The zero-order valence-corrected chi connectivity index (χ0v) is 22.6. The van der Waals surface area contributed by atoms with Gasteiger partial charge in [-0.15, -0.1) is 25.3 Å². The molecule has 202 valence electrons. The van der Waals surface area contributed by atoms with Crippen LogP contribution < -0.4 is 10.5 Å². The maximum Gasteiger partial charge on any atom is 0.425 e. The highest BCUT2D eigenvalue weighted by atomic mass is 32.2. The van der Waals surface area contributed by atoms with E-state index in [2.05, 4.69) is 32.6 Å². The van der Waals surface area contributed by atoms with E-state index in [9.17, 15) is 0 Å². The minimum Gasteiger partial charge on any atom is -0.495 e. The van der Waals surface area contributed by atoms with Crippen molar-refractivity contribution in [1.29, 1.82) is 0 Å². The molecule has 0 saturated heterocycles. The average Bonchev–Trinajstić information content (AvgIpc) is 2.87. The van der Waals surface area contributed by atoms with Gasteiger partial charge in [-0.2, -0.15) is 20.5 Å². The van der Waals surface area contributed by atoms with E-state index in [1.165, 1.54) is 5.39 Å². The number of hydrogen-bond donors (Lipinski definition) is 1. The van der Waals surface area contributed by atoms with Crippen LogP contribution in [0, 0.1) is 13.8 Å². The number of fused-ring (bicyclic) bond motifs is 1. The number of nitrogens with two attached hydrogens (primary N) is 1. The van der Waals surface area contributed by atoms with Crippen LogP contribution in [0.15, 0.2) is 93.3 Å². The molecule has 4 rings (SSSR count). The molecule has 0 aromatic heterocycles. The van der Waals surface area contributed by atoms with Crippen LogP contribution in [0.3, 0.4) is 0 Å². The molecule has 12 nitrogen and oxygen atoms in total. The summed E-state index contributed by atoms with van der Waals surface area (Å²) in [5.41, 5.74) is 11.5. The Kier molecular flexibility index (Phi) is 11.5. The van der Waals surface area contributed by atoms with Crippen LogP contribution in [0.2, 0.25) is 0 Å². The molecule has 0 bridgehead atoms. The number of benzene rings is 4. The largest absolute Gasteiger partial charge is 0.495 e. The smallest absolute Gasteiger partial charge is 0.425 e. The van der Waals surface area contributed by atoms with Crippen molar-refractivity contribution in [3.8, 4) is 5.75 Å². The van der Waals surface area contributed by atoms with E-state index in [0.29, 0.717) is 17.1 Å². The zero-order chi connectivity index (χ0) is 28.9. The van der Waals surface area contributed by atoms with Crippen molar-refractivity contribution in [3.63, 3.8) is 0 Å². The fourth-order valence-electron chi connectivity index (χ4n) is 3.26. The van der Waals surface area contributed by atoms with Gasteiger partial charge in [-0.25, -0.2) is 0 Å². The number of nitrogens with zero attached hydrogens (tertiary/aromatic N) is 4. The zero-order valence-electron chi connectivity index (χ0n) is 21.0. The summed E-state index contributed by atoms with van der Waals surface area (Å²) in [5.74, 6) is 0.584. The molecule has 0 aliphatic rings. The van der Waals surface area contributed by atoms with Crippen LogP contribution in [0.1, 0.15) is 11.1 Å². The lowest BCUT2D eigenvalue weighted by Gasteiger charge is -2.07. The number of hydrogen-bond acceptors (Lipinski definition) is 12. The number of rotatable bonds is 5. The summed E-state index contributed by atoms with van der Waals surface area (Å²) < 4.78 is 55.9. The molecule has 14 heteroatoms. The van der Waals surface area contributed by atoms with Crippen molar-refractivity contribution in [2.24, 2.45) is 20.5 Å². The second kappa shape index (κ2) is 14.8. The summed E-state index contributed by atoms with van der Waals surface area (Å²) in [6.45, 7) is 3.91. The topological polar surface area (TPSA) is 187 Å². The molecule has 39 heavy (non-hydrogen) atoms. The molecule has 0 spiro atoms. The van der Waals surface area contributed by atoms with Gasteiger partial charge in [0.1, 0.15) is 5.75 Å². The monoisotopic (exact) mass is 569 g/mol. The predicted octanol–water partition coefficient (Wildman–Crippen LogP) is 5.87. The Morgan fingerprint density at radius 1 is 0.615 bits per heavy atom. The van der Waals surface area contributed by atoms with E-state index in [0.717, 1.165) is 33.6 Å². The van der Waals surface area contributed by atoms with Gasteiger partial charge in [0.15, 0.2) is 0 Å². The number of methoxy groups -OCH3 is 1. The maximum absolute atomic E-state index is 8.44. The Hall–Kier alpha value is -4.82. The summed E-state index contributed by atoms with van der Waals surface area (Å²) in [4.78, 5) is 0. The molecule has 4 aromatic rings. The molecule has 0 unspecified atom stereocenters. The van der Waals surface area contributed by atoms with Crippen LogP contribution in [-0.4, -0.2) is 32.4 Å². The van der Waals surface area contributed by atoms with Crippen LogP contribution in [0.4, 0.5) is 28.4 Å². The van der Waals surface area contributed by atoms with Gasteiger partial charge < -0.3 is 10.5 Å². The van der Waals surface area contributed by atoms with Crippen LogP contribution >= 0.6 is 0 Å². The maximum atomic E-state index is 8.44. The minimum absolute atomic E-state index is 0.580. The third kappa shape index (κ3) is 10.2. The summed E-state index contributed by atoms with van der Waals surface area (Å²) in [7, 11) is -4.64. The van der Waals surface area contributed by atoms with E-state index in [4.69, 9.17) is 35.7 Å². The molecular weight excluding hydrogens is 546 g/mol. The van der Waals surface area contributed by atoms with Crippen molar-refractivity contribution in [3.05, 3.63) is 83.9 Å². The minimum atomic E-state index is -3.11. The van der Waals surface area contributed by atoms with E-state index in [1.54, 1.807) is 13.2 Å². The number of azo groups is 2. The van der Waals surface area contributed by atoms with Crippen molar-refractivity contribution in [2.45, 2.75) is 13.8 Å². The molecular formula is C25H23N5O7S2. The number of ether oxygens (including phenoxy) is 1. The van der Waals surface area contributed by atoms with Gasteiger partial charge in [-0.3, -0.25) is 0 Å². The van der Waals surface area contributed by atoms with Gasteiger partial charge >= 0.3 is 21.2 Å². The molecule has 2 N–H and O–H groups in total. The van der Waals surface area contributed by atoms with Crippen LogP contribution in [0.5, 0.6) is 5.75 Å². The third-order valence-electron chi connectivity index (χ3n) is 5.01. The second-order valence-electron chi connectivity index (χ2n) is 7.69. The van der Waals surface area contributed by atoms with Crippen molar-refractivity contribution >= 4 is 60.4 Å². The molecule has 0 amide bonds. The van der Waals surface area contributed by atoms with Gasteiger partial charge in [0, 0.05) is 6.07 Å². The van der Waals surface area contributed by atoms with Crippen molar-refractivity contribution < 1.29 is 30.0 Å². The van der Waals surface area contributed by atoms with E-state index in [1.807, 2.05) is 68.4 Å². The highest BCUT2D eigenvalue weighted by Gasteiger charge is 2.05. The van der Waals surface area contributed by atoms with Crippen molar-refractivity contribution in [2.75, 3.05) is 12.8 Å².